The molecule has 0 spiro atoms. The molecule has 1 saturated heterocycles. The molecule has 0 bridgehead atoms. The van der Waals surface area contributed by atoms with Gasteiger partial charge in [-0.1, -0.05) is 13.3 Å². The Hall–Kier alpha value is -0.570. The smallest absolute Gasteiger partial charge is 0.326 e. The molecule has 1 rings (SSSR count). The van der Waals surface area contributed by atoms with E-state index >= 15 is 0 Å². The van der Waals surface area contributed by atoms with Crippen LogP contribution in [0.15, 0.2) is 0 Å². The van der Waals surface area contributed by atoms with E-state index in [0.717, 1.165) is 32.2 Å². The molecular weight excluding hydrogens is 166 g/mol. The molecule has 13 heavy (non-hydrogen) atoms. The summed E-state index contributed by atoms with van der Waals surface area (Å²) >= 11 is 0. The SMILES string of the molecule is CCCC1(C(=O)OC)CCCCN1. The second kappa shape index (κ2) is 4.61. The molecule has 0 aromatic carbocycles. The maximum atomic E-state index is 11.6. The first-order valence-corrected chi connectivity index (χ1v) is 5.08. The molecule has 0 aromatic rings. The van der Waals surface area contributed by atoms with Crippen LogP contribution in [0, 0.1) is 0 Å². The van der Waals surface area contributed by atoms with Gasteiger partial charge in [-0.25, -0.2) is 0 Å². The van der Waals surface area contributed by atoms with E-state index in [0.29, 0.717) is 0 Å². The van der Waals surface area contributed by atoms with Crippen LogP contribution in [0.25, 0.3) is 0 Å². The van der Waals surface area contributed by atoms with Gasteiger partial charge in [0.05, 0.1) is 7.11 Å². The lowest BCUT2D eigenvalue weighted by molar-refractivity contribution is -0.150. The van der Waals surface area contributed by atoms with Crippen LogP contribution >= 0.6 is 0 Å². The van der Waals surface area contributed by atoms with Crippen LogP contribution in [0.3, 0.4) is 0 Å². The quantitative estimate of drug-likeness (QED) is 0.677. The minimum atomic E-state index is -0.373. The Morgan fingerprint density at radius 2 is 2.31 bits per heavy atom. The zero-order valence-corrected chi connectivity index (χ0v) is 8.56. The van der Waals surface area contributed by atoms with Gasteiger partial charge in [0.2, 0.25) is 0 Å². The van der Waals surface area contributed by atoms with Crippen molar-refractivity contribution < 1.29 is 9.53 Å². The Morgan fingerprint density at radius 1 is 1.54 bits per heavy atom. The highest BCUT2D eigenvalue weighted by molar-refractivity contribution is 5.80. The summed E-state index contributed by atoms with van der Waals surface area (Å²) in [5, 5.41) is 3.31. The van der Waals surface area contributed by atoms with E-state index in [4.69, 9.17) is 4.74 Å². The highest BCUT2D eigenvalue weighted by Crippen LogP contribution is 2.25. The molecule has 1 aliphatic heterocycles. The fourth-order valence-electron chi connectivity index (χ4n) is 2.08. The monoisotopic (exact) mass is 185 g/mol. The number of esters is 1. The number of hydrogen-bond donors (Lipinski definition) is 1. The van der Waals surface area contributed by atoms with Gasteiger partial charge < -0.3 is 10.1 Å². The van der Waals surface area contributed by atoms with Crippen molar-refractivity contribution in [1.29, 1.82) is 0 Å². The van der Waals surface area contributed by atoms with Crippen molar-refractivity contribution in [3.63, 3.8) is 0 Å². The first-order chi connectivity index (χ1) is 6.25. The van der Waals surface area contributed by atoms with E-state index in [-0.39, 0.29) is 11.5 Å². The number of hydrogen-bond acceptors (Lipinski definition) is 3. The van der Waals surface area contributed by atoms with E-state index in [1.54, 1.807) is 0 Å². The summed E-state index contributed by atoms with van der Waals surface area (Å²) in [5.41, 5.74) is -0.373. The number of nitrogens with one attached hydrogen (secondary N) is 1. The highest BCUT2D eigenvalue weighted by atomic mass is 16.5. The van der Waals surface area contributed by atoms with Gasteiger partial charge in [0.25, 0.3) is 0 Å². The van der Waals surface area contributed by atoms with Gasteiger partial charge in [-0.2, -0.15) is 0 Å². The number of methoxy groups -OCH3 is 1. The second-order valence-electron chi connectivity index (χ2n) is 3.71. The molecule has 0 aromatic heterocycles. The number of carbonyl (C=O) groups is 1. The molecule has 1 fully saturated rings. The van der Waals surface area contributed by atoms with Crippen molar-refractivity contribution in [2.24, 2.45) is 0 Å². The Balaban J connectivity index is 2.66. The molecule has 0 amide bonds. The topological polar surface area (TPSA) is 38.3 Å². The van der Waals surface area contributed by atoms with Gasteiger partial charge in [-0.05, 0) is 32.2 Å². The van der Waals surface area contributed by atoms with Crippen molar-refractivity contribution in [3.05, 3.63) is 0 Å². The van der Waals surface area contributed by atoms with Gasteiger partial charge in [-0.15, -0.1) is 0 Å². The zero-order chi connectivity index (χ0) is 9.73. The molecule has 1 heterocycles. The lowest BCUT2D eigenvalue weighted by Gasteiger charge is -2.35. The molecule has 1 aliphatic rings. The molecule has 1 N–H and O–H groups in total. The Kier molecular flexibility index (Phi) is 3.72. The van der Waals surface area contributed by atoms with Crippen LogP contribution in [0.1, 0.15) is 39.0 Å². The molecule has 3 heteroatoms. The minimum Gasteiger partial charge on any atom is -0.468 e. The van der Waals surface area contributed by atoms with Gasteiger partial charge in [0.1, 0.15) is 5.54 Å². The summed E-state index contributed by atoms with van der Waals surface area (Å²) in [5.74, 6) is -0.0888. The van der Waals surface area contributed by atoms with Crippen molar-refractivity contribution in [1.82, 2.24) is 5.32 Å². The number of piperidine rings is 1. The van der Waals surface area contributed by atoms with E-state index in [1.165, 1.54) is 13.5 Å². The van der Waals surface area contributed by atoms with Crippen molar-refractivity contribution in [3.8, 4) is 0 Å². The predicted molar refractivity (Wildman–Crippen MR) is 51.5 cm³/mol. The third-order valence-electron chi connectivity index (χ3n) is 2.75. The first-order valence-electron chi connectivity index (χ1n) is 5.08. The summed E-state index contributed by atoms with van der Waals surface area (Å²) in [4.78, 5) is 11.6. The number of carbonyl (C=O) groups excluding carboxylic acids is 1. The van der Waals surface area contributed by atoms with Gasteiger partial charge in [-0.3, -0.25) is 4.79 Å². The van der Waals surface area contributed by atoms with Crippen LogP contribution in [-0.2, 0) is 9.53 Å². The van der Waals surface area contributed by atoms with Gasteiger partial charge in [0, 0.05) is 0 Å². The van der Waals surface area contributed by atoms with Gasteiger partial charge >= 0.3 is 5.97 Å². The highest BCUT2D eigenvalue weighted by Gasteiger charge is 2.39. The fourth-order valence-corrected chi connectivity index (χ4v) is 2.08. The Morgan fingerprint density at radius 3 is 2.77 bits per heavy atom. The van der Waals surface area contributed by atoms with Crippen LogP contribution in [0.5, 0.6) is 0 Å². The molecular formula is C10H19NO2. The summed E-state index contributed by atoms with van der Waals surface area (Å²) < 4.78 is 4.84. The lowest BCUT2D eigenvalue weighted by Crippen LogP contribution is -2.55. The molecule has 1 atom stereocenters. The lowest BCUT2D eigenvalue weighted by atomic mass is 9.85. The Bertz CT molecular complexity index is 168. The van der Waals surface area contributed by atoms with E-state index < -0.39 is 0 Å². The van der Waals surface area contributed by atoms with E-state index in [2.05, 4.69) is 12.2 Å². The maximum absolute atomic E-state index is 11.6. The van der Waals surface area contributed by atoms with Crippen LogP contribution in [-0.4, -0.2) is 25.2 Å². The summed E-state index contributed by atoms with van der Waals surface area (Å²) in [6, 6.07) is 0. The predicted octanol–water partition coefficient (Wildman–Crippen LogP) is 1.47. The molecule has 3 nitrogen and oxygen atoms in total. The van der Waals surface area contributed by atoms with E-state index in [9.17, 15) is 4.79 Å². The third-order valence-corrected chi connectivity index (χ3v) is 2.75. The Labute approximate surface area is 79.8 Å². The van der Waals surface area contributed by atoms with Gasteiger partial charge in [0.15, 0.2) is 0 Å². The molecule has 0 radical (unpaired) electrons. The second-order valence-corrected chi connectivity index (χ2v) is 3.71. The molecule has 76 valence electrons. The van der Waals surface area contributed by atoms with Crippen LogP contribution in [0.2, 0.25) is 0 Å². The standard InChI is InChI=1S/C10H19NO2/c1-3-6-10(9(12)13-2)7-4-5-8-11-10/h11H,3-8H2,1-2H3. The zero-order valence-electron chi connectivity index (χ0n) is 8.56. The average molecular weight is 185 g/mol. The molecule has 0 saturated carbocycles. The summed E-state index contributed by atoms with van der Waals surface area (Å²) in [6.07, 6.45) is 5.12. The van der Waals surface area contributed by atoms with Crippen molar-refractivity contribution in [2.45, 2.75) is 44.6 Å². The van der Waals surface area contributed by atoms with Crippen molar-refractivity contribution >= 4 is 5.97 Å². The van der Waals surface area contributed by atoms with E-state index in [1.807, 2.05) is 0 Å². The molecule has 0 aliphatic carbocycles. The number of rotatable bonds is 3. The maximum Gasteiger partial charge on any atom is 0.326 e. The van der Waals surface area contributed by atoms with Crippen molar-refractivity contribution in [2.75, 3.05) is 13.7 Å². The summed E-state index contributed by atoms with van der Waals surface area (Å²) in [7, 11) is 1.47. The normalized spacial score (nSPS) is 28.5. The fraction of sp³-hybridized carbons (Fsp3) is 0.900. The summed E-state index contributed by atoms with van der Waals surface area (Å²) in [6.45, 7) is 3.04. The third kappa shape index (κ3) is 2.21. The average Bonchev–Trinajstić information content (AvgIpc) is 2.18. The largest absolute Gasteiger partial charge is 0.468 e. The van der Waals surface area contributed by atoms with Crippen LogP contribution < -0.4 is 5.32 Å². The van der Waals surface area contributed by atoms with Crippen LogP contribution in [0.4, 0.5) is 0 Å². The molecule has 1 unspecified atom stereocenters. The number of ether oxygens (including phenoxy) is 1. The first kappa shape index (κ1) is 10.5. The minimum absolute atomic E-state index is 0.0888.